The first-order valence-corrected chi connectivity index (χ1v) is 3.87. The molecular formula is C8H15NO. The van der Waals surface area contributed by atoms with Crippen molar-refractivity contribution >= 4 is 6.29 Å². The van der Waals surface area contributed by atoms with Crippen LogP contribution < -0.4 is 0 Å². The van der Waals surface area contributed by atoms with Crippen LogP contribution in [0.3, 0.4) is 0 Å². The molecule has 0 aromatic rings. The molecule has 58 valence electrons. The van der Waals surface area contributed by atoms with E-state index in [1.54, 1.807) is 0 Å². The normalized spacial score (nSPS) is 34.6. The first kappa shape index (κ1) is 7.73. The molecule has 0 radical (unpaired) electrons. The van der Waals surface area contributed by atoms with Gasteiger partial charge in [0.2, 0.25) is 0 Å². The summed E-state index contributed by atoms with van der Waals surface area (Å²) in [6.07, 6.45) is 3.17. The van der Waals surface area contributed by atoms with Crippen molar-refractivity contribution in [2.24, 2.45) is 5.41 Å². The number of rotatable bonds is 2. The molecular weight excluding hydrogens is 126 g/mol. The maximum absolute atomic E-state index is 10.7. The van der Waals surface area contributed by atoms with Crippen LogP contribution in [0.2, 0.25) is 0 Å². The maximum atomic E-state index is 10.7. The van der Waals surface area contributed by atoms with Gasteiger partial charge in [0.25, 0.3) is 0 Å². The average molecular weight is 141 g/mol. The molecule has 1 fully saturated rings. The zero-order chi connectivity index (χ0) is 7.61. The molecule has 0 aliphatic carbocycles. The van der Waals surface area contributed by atoms with Crippen molar-refractivity contribution in [3.8, 4) is 0 Å². The highest BCUT2D eigenvalue weighted by molar-refractivity contribution is 5.60. The number of carbonyl (C=O) groups is 1. The molecule has 0 bridgehead atoms. The highest BCUT2D eigenvalue weighted by atomic mass is 16.1. The van der Waals surface area contributed by atoms with E-state index in [1.807, 2.05) is 0 Å². The van der Waals surface area contributed by atoms with Gasteiger partial charge in [0.05, 0.1) is 0 Å². The maximum Gasteiger partial charge on any atom is 0.127 e. The van der Waals surface area contributed by atoms with Crippen molar-refractivity contribution < 1.29 is 4.79 Å². The smallest absolute Gasteiger partial charge is 0.127 e. The van der Waals surface area contributed by atoms with Gasteiger partial charge in [0.1, 0.15) is 6.29 Å². The molecule has 1 unspecified atom stereocenters. The topological polar surface area (TPSA) is 20.3 Å². The van der Waals surface area contributed by atoms with Gasteiger partial charge in [-0.3, -0.25) is 0 Å². The van der Waals surface area contributed by atoms with E-state index in [0.29, 0.717) is 0 Å². The fraction of sp³-hybridized carbons (Fsp3) is 0.875. The minimum Gasteiger partial charge on any atom is -0.305 e. The fourth-order valence-corrected chi connectivity index (χ4v) is 1.58. The fourth-order valence-electron chi connectivity index (χ4n) is 1.58. The SMILES string of the molecule is CCC1(C=O)CCN(C)C1. The first-order valence-electron chi connectivity index (χ1n) is 3.87. The number of hydrogen-bond donors (Lipinski definition) is 0. The van der Waals surface area contributed by atoms with Crippen molar-refractivity contribution in [3.05, 3.63) is 0 Å². The highest BCUT2D eigenvalue weighted by Crippen LogP contribution is 2.30. The lowest BCUT2D eigenvalue weighted by molar-refractivity contribution is -0.115. The Morgan fingerprint density at radius 1 is 1.70 bits per heavy atom. The van der Waals surface area contributed by atoms with Crippen molar-refractivity contribution in [1.29, 1.82) is 0 Å². The lowest BCUT2D eigenvalue weighted by Crippen LogP contribution is -2.25. The van der Waals surface area contributed by atoms with E-state index in [1.165, 1.54) is 0 Å². The van der Waals surface area contributed by atoms with Crippen LogP contribution in [-0.2, 0) is 4.79 Å². The standard InChI is InChI=1S/C8H15NO/c1-3-8(7-10)4-5-9(2)6-8/h7H,3-6H2,1-2H3. The molecule has 1 aliphatic rings. The largest absolute Gasteiger partial charge is 0.305 e. The third-order valence-corrected chi connectivity index (χ3v) is 2.53. The van der Waals surface area contributed by atoms with E-state index in [9.17, 15) is 4.79 Å². The Bertz CT molecular complexity index is 135. The third kappa shape index (κ3) is 1.21. The zero-order valence-corrected chi connectivity index (χ0v) is 6.76. The monoisotopic (exact) mass is 141 g/mol. The Kier molecular flexibility index (Phi) is 2.09. The van der Waals surface area contributed by atoms with Crippen LogP contribution >= 0.6 is 0 Å². The number of aldehydes is 1. The molecule has 1 heterocycles. The Balaban J connectivity index is 2.59. The van der Waals surface area contributed by atoms with Crippen LogP contribution in [0.15, 0.2) is 0 Å². The van der Waals surface area contributed by atoms with Gasteiger partial charge in [0.15, 0.2) is 0 Å². The molecule has 2 heteroatoms. The van der Waals surface area contributed by atoms with Gasteiger partial charge < -0.3 is 9.69 Å². The molecule has 0 spiro atoms. The molecule has 1 aliphatic heterocycles. The van der Waals surface area contributed by atoms with Crippen molar-refractivity contribution in [1.82, 2.24) is 4.90 Å². The second kappa shape index (κ2) is 2.70. The molecule has 0 saturated carbocycles. The second-order valence-corrected chi connectivity index (χ2v) is 3.32. The minimum absolute atomic E-state index is 0.00521. The summed E-state index contributed by atoms with van der Waals surface area (Å²) in [6, 6.07) is 0. The molecule has 2 nitrogen and oxygen atoms in total. The molecule has 1 saturated heterocycles. The van der Waals surface area contributed by atoms with E-state index in [2.05, 4.69) is 18.9 Å². The van der Waals surface area contributed by atoms with Crippen LogP contribution in [0.4, 0.5) is 0 Å². The van der Waals surface area contributed by atoms with Crippen molar-refractivity contribution in [2.45, 2.75) is 19.8 Å². The van der Waals surface area contributed by atoms with E-state index in [0.717, 1.165) is 32.2 Å². The Morgan fingerprint density at radius 2 is 2.40 bits per heavy atom. The van der Waals surface area contributed by atoms with E-state index >= 15 is 0 Å². The van der Waals surface area contributed by atoms with Gasteiger partial charge in [-0.25, -0.2) is 0 Å². The Hall–Kier alpha value is -0.370. The van der Waals surface area contributed by atoms with Gasteiger partial charge >= 0.3 is 0 Å². The summed E-state index contributed by atoms with van der Waals surface area (Å²) in [5, 5.41) is 0. The number of likely N-dealkylation sites (tertiary alicyclic amines) is 1. The van der Waals surface area contributed by atoms with Gasteiger partial charge in [0, 0.05) is 12.0 Å². The summed E-state index contributed by atoms with van der Waals surface area (Å²) < 4.78 is 0. The number of nitrogens with zero attached hydrogens (tertiary/aromatic N) is 1. The predicted octanol–water partition coefficient (Wildman–Crippen LogP) is 0.917. The molecule has 10 heavy (non-hydrogen) atoms. The van der Waals surface area contributed by atoms with Crippen LogP contribution in [0.25, 0.3) is 0 Å². The third-order valence-electron chi connectivity index (χ3n) is 2.53. The van der Waals surface area contributed by atoms with Crippen LogP contribution in [-0.4, -0.2) is 31.3 Å². The van der Waals surface area contributed by atoms with Gasteiger partial charge in [-0.05, 0) is 26.4 Å². The highest BCUT2D eigenvalue weighted by Gasteiger charge is 2.34. The first-order chi connectivity index (χ1) is 4.72. The van der Waals surface area contributed by atoms with Crippen LogP contribution in [0, 0.1) is 5.41 Å². The molecule has 0 aromatic carbocycles. The second-order valence-electron chi connectivity index (χ2n) is 3.32. The van der Waals surface area contributed by atoms with Gasteiger partial charge in [-0.1, -0.05) is 6.92 Å². The number of carbonyl (C=O) groups excluding carboxylic acids is 1. The summed E-state index contributed by atoms with van der Waals surface area (Å²) in [6.45, 7) is 4.12. The van der Waals surface area contributed by atoms with Crippen LogP contribution in [0.1, 0.15) is 19.8 Å². The van der Waals surface area contributed by atoms with Crippen molar-refractivity contribution in [3.63, 3.8) is 0 Å². The summed E-state index contributed by atoms with van der Waals surface area (Å²) >= 11 is 0. The van der Waals surface area contributed by atoms with Gasteiger partial charge in [-0.15, -0.1) is 0 Å². The predicted molar refractivity (Wildman–Crippen MR) is 40.9 cm³/mol. The van der Waals surface area contributed by atoms with Gasteiger partial charge in [-0.2, -0.15) is 0 Å². The minimum atomic E-state index is -0.00521. The molecule has 1 atom stereocenters. The van der Waals surface area contributed by atoms with E-state index < -0.39 is 0 Å². The quantitative estimate of drug-likeness (QED) is 0.533. The van der Waals surface area contributed by atoms with E-state index in [-0.39, 0.29) is 5.41 Å². The lowest BCUT2D eigenvalue weighted by Gasteiger charge is -2.18. The summed E-state index contributed by atoms with van der Waals surface area (Å²) in [5.74, 6) is 0. The molecule has 1 rings (SSSR count). The Labute approximate surface area is 62.2 Å². The Morgan fingerprint density at radius 3 is 2.60 bits per heavy atom. The molecule has 0 aromatic heterocycles. The van der Waals surface area contributed by atoms with Crippen LogP contribution in [0.5, 0.6) is 0 Å². The molecule has 0 N–H and O–H groups in total. The van der Waals surface area contributed by atoms with E-state index in [4.69, 9.17) is 0 Å². The summed E-state index contributed by atoms with van der Waals surface area (Å²) in [4.78, 5) is 12.9. The zero-order valence-electron chi connectivity index (χ0n) is 6.76. The van der Waals surface area contributed by atoms with Crippen molar-refractivity contribution in [2.75, 3.05) is 20.1 Å². The summed E-state index contributed by atoms with van der Waals surface area (Å²) in [5.41, 5.74) is -0.00521. The summed E-state index contributed by atoms with van der Waals surface area (Å²) in [7, 11) is 2.07. The molecule has 0 amide bonds. The lowest BCUT2D eigenvalue weighted by atomic mass is 9.86. The average Bonchev–Trinajstić information content (AvgIpc) is 2.33. The number of hydrogen-bond acceptors (Lipinski definition) is 2.